The Bertz CT molecular complexity index is 915. The van der Waals surface area contributed by atoms with Crippen LogP contribution in [0.4, 0.5) is 0 Å². The fraction of sp³-hybridized carbons (Fsp3) is 0.455. The maximum absolute atomic E-state index is 12.4. The molecule has 0 radical (unpaired) electrons. The lowest BCUT2D eigenvalue weighted by Gasteiger charge is -2.29. The van der Waals surface area contributed by atoms with Crippen LogP contribution >= 0.6 is 23.4 Å². The Morgan fingerprint density at radius 2 is 2.00 bits per heavy atom. The van der Waals surface area contributed by atoms with Crippen molar-refractivity contribution in [3.05, 3.63) is 53.3 Å². The van der Waals surface area contributed by atoms with Crippen LogP contribution in [0.2, 0.25) is 5.02 Å². The molecule has 0 aliphatic heterocycles. The lowest BCUT2D eigenvalue weighted by molar-refractivity contribution is -0.119. The predicted molar refractivity (Wildman–Crippen MR) is 123 cm³/mol. The van der Waals surface area contributed by atoms with Gasteiger partial charge in [-0.2, -0.15) is 0 Å². The number of allylic oxidation sites excluding steroid dienone is 1. The van der Waals surface area contributed by atoms with Crippen molar-refractivity contribution in [2.45, 2.75) is 56.9 Å². The second-order valence-corrected chi connectivity index (χ2v) is 9.09. The molecule has 1 aromatic carbocycles. The van der Waals surface area contributed by atoms with Crippen molar-refractivity contribution in [2.75, 3.05) is 5.75 Å². The zero-order valence-electron chi connectivity index (χ0n) is 17.6. The van der Waals surface area contributed by atoms with Gasteiger partial charge in [-0.3, -0.25) is 9.59 Å². The molecule has 166 valence electrons. The quantitative estimate of drug-likeness (QED) is 0.437. The van der Waals surface area contributed by atoms with E-state index in [4.69, 9.17) is 11.6 Å². The average Bonchev–Trinajstić information content (AvgIpc) is 3.14. The molecule has 2 aromatic rings. The minimum Gasteiger partial charge on any atom is -0.352 e. The summed E-state index contributed by atoms with van der Waals surface area (Å²) in [6, 6.07) is 6.93. The van der Waals surface area contributed by atoms with Gasteiger partial charge in [0.15, 0.2) is 11.0 Å². The molecule has 9 heteroatoms. The summed E-state index contributed by atoms with van der Waals surface area (Å²) in [5.74, 6) is 1.18. The first-order chi connectivity index (χ1) is 15.0. The van der Waals surface area contributed by atoms with E-state index in [1.165, 1.54) is 24.6 Å². The van der Waals surface area contributed by atoms with Crippen molar-refractivity contribution < 1.29 is 9.59 Å². The van der Waals surface area contributed by atoms with Gasteiger partial charge in [-0.1, -0.05) is 49.2 Å². The number of hydrogen-bond donors (Lipinski definition) is 2. The van der Waals surface area contributed by atoms with Crippen LogP contribution in [0.3, 0.4) is 0 Å². The van der Waals surface area contributed by atoms with Crippen LogP contribution in [-0.4, -0.2) is 38.4 Å². The highest BCUT2D eigenvalue weighted by Crippen LogP contribution is 2.24. The van der Waals surface area contributed by atoms with Crippen LogP contribution in [0.5, 0.6) is 0 Å². The van der Waals surface area contributed by atoms with Gasteiger partial charge >= 0.3 is 0 Å². The molecule has 0 unspecified atom stereocenters. The fourth-order valence-electron chi connectivity index (χ4n) is 3.64. The summed E-state index contributed by atoms with van der Waals surface area (Å²) in [5, 5.41) is 15.6. The molecule has 1 fully saturated rings. The first-order valence-electron chi connectivity index (χ1n) is 10.5. The molecule has 2 N–H and O–H groups in total. The molecule has 7 nitrogen and oxygen atoms in total. The summed E-state index contributed by atoms with van der Waals surface area (Å²) >= 11 is 7.21. The van der Waals surface area contributed by atoms with Gasteiger partial charge in [0.25, 0.3) is 5.91 Å². The number of rotatable bonds is 9. The molecule has 0 spiro atoms. The molecule has 2 amide bonds. The van der Waals surface area contributed by atoms with E-state index >= 15 is 0 Å². The first-order valence-corrected chi connectivity index (χ1v) is 11.8. The highest BCUT2D eigenvalue weighted by atomic mass is 35.5. The van der Waals surface area contributed by atoms with Gasteiger partial charge in [0.2, 0.25) is 5.91 Å². The van der Waals surface area contributed by atoms with Crippen molar-refractivity contribution in [2.24, 2.45) is 5.92 Å². The molecule has 1 heterocycles. The summed E-state index contributed by atoms with van der Waals surface area (Å²) in [6.45, 7) is 6.69. The number of nitrogens with one attached hydrogen (secondary N) is 2. The fourth-order valence-corrected chi connectivity index (χ4v) is 4.54. The Kier molecular flexibility index (Phi) is 8.54. The average molecular weight is 462 g/mol. The van der Waals surface area contributed by atoms with Crippen molar-refractivity contribution in [1.29, 1.82) is 0 Å². The topological polar surface area (TPSA) is 88.9 Å². The number of carbonyl (C=O) groups excluding carboxylic acids is 2. The normalized spacial score (nSPS) is 18.4. The largest absolute Gasteiger partial charge is 0.352 e. The summed E-state index contributed by atoms with van der Waals surface area (Å²) < 4.78 is 1.86. The summed E-state index contributed by atoms with van der Waals surface area (Å²) in [6.07, 6.45) is 6.35. The Labute approximate surface area is 192 Å². The van der Waals surface area contributed by atoms with Crippen molar-refractivity contribution in [3.8, 4) is 0 Å². The Morgan fingerprint density at radius 1 is 1.26 bits per heavy atom. The SMILES string of the molecule is C=CCn1c(CNC(=O)c2ccc(Cl)cc2)nnc1SCC(=O)N[C@@H]1CCCC[C@H]1C. The number of carbonyl (C=O) groups is 2. The van der Waals surface area contributed by atoms with Gasteiger partial charge < -0.3 is 15.2 Å². The van der Waals surface area contributed by atoms with Gasteiger partial charge in [-0.05, 0) is 43.0 Å². The standard InChI is InChI=1S/C22H28ClN5O2S/c1-3-12-28-19(13-24-21(30)16-8-10-17(23)11-9-16)26-27-22(28)31-14-20(29)25-18-7-5-4-6-15(18)2/h3,8-11,15,18H,1,4-7,12-14H2,2H3,(H,24,30)(H,25,29)/t15-,18-/m1/s1. The van der Waals surface area contributed by atoms with Crippen LogP contribution in [0.15, 0.2) is 42.1 Å². The molecule has 31 heavy (non-hydrogen) atoms. The highest BCUT2D eigenvalue weighted by molar-refractivity contribution is 7.99. The molecule has 0 saturated heterocycles. The van der Waals surface area contributed by atoms with E-state index < -0.39 is 0 Å². The number of thioether (sulfide) groups is 1. The van der Waals surface area contributed by atoms with Gasteiger partial charge in [-0.15, -0.1) is 16.8 Å². The van der Waals surface area contributed by atoms with E-state index in [1.54, 1.807) is 30.3 Å². The molecule has 0 bridgehead atoms. The highest BCUT2D eigenvalue weighted by Gasteiger charge is 2.23. The zero-order chi connectivity index (χ0) is 22.2. The van der Waals surface area contributed by atoms with Crippen LogP contribution in [0.1, 0.15) is 48.8 Å². The van der Waals surface area contributed by atoms with Gasteiger partial charge in [-0.25, -0.2) is 0 Å². The molecule has 1 aliphatic rings. The molecule has 1 saturated carbocycles. The molecule has 1 aliphatic carbocycles. The van der Waals surface area contributed by atoms with Crippen LogP contribution < -0.4 is 10.6 Å². The molecule has 2 atom stereocenters. The van der Waals surface area contributed by atoms with Crippen LogP contribution in [0.25, 0.3) is 0 Å². The van der Waals surface area contributed by atoms with Crippen molar-refractivity contribution in [1.82, 2.24) is 25.4 Å². The van der Waals surface area contributed by atoms with E-state index in [9.17, 15) is 9.59 Å². The molecule has 1 aromatic heterocycles. The molecular weight excluding hydrogens is 434 g/mol. The van der Waals surface area contributed by atoms with E-state index in [2.05, 4.69) is 34.3 Å². The number of halogens is 1. The second-order valence-electron chi connectivity index (χ2n) is 7.71. The second kappa shape index (κ2) is 11.3. The summed E-state index contributed by atoms with van der Waals surface area (Å²) in [7, 11) is 0. The number of benzene rings is 1. The van der Waals surface area contributed by atoms with E-state index in [1.807, 2.05) is 4.57 Å². The van der Waals surface area contributed by atoms with Gasteiger partial charge in [0.05, 0.1) is 12.3 Å². The predicted octanol–water partition coefficient (Wildman–Crippen LogP) is 3.83. The smallest absolute Gasteiger partial charge is 0.251 e. The summed E-state index contributed by atoms with van der Waals surface area (Å²) in [5.41, 5.74) is 0.516. The van der Waals surface area contributed by atoms with E-state index in [-0.39, 0.29) is 30.2 Å². The first kappa shape index (κ1) is 23.3. The van der Waals surface area contributed by atoms with Crippen molar-refractivity contribution in [3.63, 3.8) is 0 Å². The van der Waals surface area contributed by atoms with Gasteiger partial charge in [0, 0.05) is 23.2 Å². The lowest BCUT2D eigenvalue weighted by atomic mass is 9.86. The minimum atomic E-state index is -0.222. The Morgan fingerprint density at radius 3 is 2.71 bits per heavy atom. The third-order valence-corrected chi connectivity index (χ3v) is 6.63. The minimum absolute atomic E-state index is 0.00879. The maximum Gasteiger partial charge on any atom is 0.251 e. The number of aromatic nitrogens is 3. The van der Waals surface area contributed by atoms with E-state index in [0.29, 0.717) is 34.0 Å². The molecule has 3 rings (SSSR count). The van der Waals surface area contributed by atoms with E-state index in [0.717, 1.165) is 12.8 Å². The Balaban J connectivity index is 1.56. The van der Waals surface area contributed by atoms with Crippen LogP contribution in [0, 0.1) is 5.92 Å². The Hall–Kier alpha value is -2.32. The monoisotopic (exact) mass is 461 g/mol. The molecular formula is C22H28ClN5O2S. The third kappa shape index (κ3) is 6.58. The van der Waals surface area contributed by atoms with Crippen molar-refractivity contribution >= 4 is 35.2 Å². The summed E-state index contributed by atoms with van der Waals surface area (Å²) in [4.78, 5) is 24.8. The lowest BCUT2D eigenvalue weighted by Crippen LogP contribution is -2.41. The van der Waals surface area contributed by atoms with Crippen LogP contribution in [-0.2, 0) is 17.9 Å². The number of nitrogens with zero attached hydrogens (tertiary/aromatic N) is 3. The third-order valence-electron chi connectivity index (χ3n) is 5.41. The maximum atomic E-state index is 12.4. The number of hydrogen-bond acceptors (Lipinski definition) is 5. The zero-order valence-corrected chi connectivity index (χ0v) is 19.2. The van der Waals surface area contributed by atoms with Gasteiger partial charge in [0.1, 0.15) is 0 Å². The number of amides is 2.